The minimum absolute atomic E-state index is 0.156. The number of hydrogen-bond acceptors (Lipinski definition) is 2. The van der Waals surface area contributed by atoms with Gasteiger partial charge in [-0.1, -0.05) is 83.3 Å². The van der Waals surface area contributed by atoms with Gasteiger partial charge in [0.2, 0.25) is 0 Å². The van der Waals surface area contributed by atoms with Crippen molar-refractivity contribution < 1.29 is 9.53 Å². The Kier molecular flexibility index (Phi) is 17.6. The SMILES string of the molecule is CCCC=CCCCCCCCCCCCCCOC(C)=O. The highest BCUT2D eigenvalue weighted by Gasteiger charge is 1.95. The second kappa shape index (κ2) is 18.3. The van der Waals surface area contributed by atoms with Gasteiger partial charge in [0.25, 0.3) is 0 Å². The Labute approximate surface area is 138 Å². The van der Waals surface area contributed by atoms with Crippen LogP contribution in [0, 0.1) is 0 Å². The predicted molar refractivity (Wildman–Crippen MR) is 96.1 cm³/mol. The highest BCUT2D eigenvalue weighted by Crippen LogP contribution is 2.12. The topological polar surface area (TPSA) is 26.3 Å². The fourth-order valence-electron chi connectivity index (χ4n) is 2.57. The Morgan fingerprint density at radius 2 is 1.18 bits per heavy atom. The average Bonchev–Trinajstić information content (AvgIpc) is 2.50. The number of unbranched alkanes of at least 4 members (excludes halogenated alkanes) is 12. The van der Waals surface area contributed by atoms with Crippen LogP contribution in [0.15, 0.2) is 12.2 Å². The summed E-state index contributed by atoms with van der Waals surface area (Å²) < 4.78 is 4.92. The monoisotopic (exact) mass is 310 g/mol. The minimum atomic E-state index is -0.156. The molecule has 0 heterocycles. The largest absolute Gasteiger partial charge is 0.466 e. The van der Waals surface area contributed by atoms with E-state index in [9.17, 15) is 4.79 Å². The summed E-state index contributed by atoms with van der Waals surface area (Å²) in [6, 6.07) is 0. The molecule has 0 N–H and O–H groups in total. The zero-order chi connectivity index (χ0) is 16.3. The summed E-state index contributed by atoms with van der Waals surface area (Å²) in [7, 11) is 0. The van der Waals surface area contributed by atoms with Gasteiger partial charge in [0.05, 0.1) is 6.61 Å². The van der Waals surface area contributed by atoms with Crippen molar-refractivity contribution in [2.24, 2.45) is 0 Å². The number of carbonyl (C=O) groups excluding carboxylic acids is 1. The fourth-order valence-corrected chi connectivity index (χ4v) is 2.57. The lowest BCUT2D eigenvalue weighted by Gasteiger charge is -2.03. The van der Waals surface area contributed by atoms with E-state index < -0.39 is 0 Å². The Morgan fingerprint density at radius 1 is 0.727 bits per heavy atom. The van der Waals surface area contributed by atoms with Gasteiger partial charge in [-0.15, -0.1) is 0 Å². The molecular formula is C20H38O2. The summed E-state index contributed by atoms with van der Waals surface area (Å²) in [4.78, 5) is 10.6. The van der Waals surface area contributed by atoms with Gasteiger partial charge in [0.15, 0.2) is 0 Å². The summed E-state index contributed by atoms with van der Waals surface area (Å²) in [5.41, 5.74) is 0. The van der Waals surface area contributed by atoms with Crippen molar-refractivity contribution in [1.82, 2.24) is 0 Å². The second-order valence-corrected chi connectivity index (χ2v) is 6.28. The lowest BCUT2D eigenvalue weighted by Crippen LogP contribution is -2.00. The minimum Gasteiger partial charge on any atom is -0.466 e. The Morgan fingerprint density at radius 3 is 1.68 bits per heavy atom. The van der Waals surface area contributed by atoms with Crippen LogP contribution in [-0.2, 0) is 9.53 Å². The van der Waals surface area contributed by atoms with E-state index in [-0.39, 0.29) is 5.97 Å². The standard InChI is InChI=1S/C20H38O2/c1-3-4-5-6-7-8-9-10-11-12-13-14-15-16-17-18-19-22-20(2)21/h5-6H,3-4,7-19H2,1-2H3. The first-order chi connectivity index (χ1) is 10.8. The Bertz CT molecular complexity index is 258. The van der Waals surface area contributed by atoms with E-state index in [0.717, 1.165) is 6.42 Å². The molecule has 0 rings (SSSR count). The van der Waals surface area contributed by atoms with Gasteiger partial charge in [0, 0.05) is 6.92 Å². The van der Waals surface area contributed by atoms with Gasteiger partial charge in [-0.25, -0.2) is 0 Å². The smallest absolute Gasteiger partial charge is 0.302 e. The van der Waals surface area contributed by atoms with Crippen molar-refractivity contribution in [3.05, 3.63) is 12.2 Å². The van der Waals surface area contributed by atoms with Crippen LogP contribution in [-0.4, -0.2) is 12.6 Å². The average molecular weight is 311 g/mol. The third kappa shape index (κ3) is 19.2. The predicted octanol–water partition coefficient (Wildman–Crippen LogP) is 6.59. The highest BCUT2D eigenvalue weighted by molar-refractivity contribution is 5.65. The Balaban J connectivity index is 3.01. The van der Waals surface area contributed by atoms with E-state index in [0.29, 0.717) is 6.61 Å². The maximum atomic E-state index is 10.6. The maximum Gasteiger partial charge on any atom is 0.302 e. The lowest BCUT2D eigenvalue weighted by molar-refractivity contribution is -0.141. The second-order valence-electron chi connectivity index (χ2n) is 6.28. The molecule has 0 aromatic rings. The lowest BCUT2D eigenvalue weighted by atomic mass is 10.1. The van der Waals surface area contributed by atoms with Crippen LogP contribution in [0.2, 0.25) is 0 Å². The first-order valence-corrected chi connectivity index (χ1v) is 9.55. The molecule has 0 aliphatic carbocycles. The molecule has 0 saturated heterocycles. The molecule has 0 unspecified atom stereocenters. The summed E-state index contributed by atoms with van der Waals surface area (Å²) in [5, 5.41) is 0. The van der Waals surface area contributed by atoms with E-state index in [4.69, 9.17) is 4.74 Å². The summed E-state index contributed by atoms with van der Waals surface area (Å²) >= 11 is 0. The summed E-state index contributed by atoms with van der Waals surface area (Å²) in [6.07, 6.45) is 23.0. The summed E-state index contributed by atoms with van der Waals surface area (Å²) in [6.45, 7) is 4.31. The molecule has 0 amide bonds. The van der Waals surface area contributed by atoms with Crippen molar-refractivity contribution in [2.75, 3.05) is 6.61 Å². The van der Waals surface area contributed by atoms with Crippen LogP contribution in [0.4, 0.5) is 0 Å². The molecule has 0 aromatic carbocycles. The molecule has 0 fully saturated rings. The van der Waals surface area contributed by atoms with E-state index in [1.807, 2.05) is 0 Å². The van der Waals surface area contributed by atoms with E-state index in [2.05, 4.69) is 19.1 Å². The molecule has 0 aliphatic rings. The molecule has 0 aromatic heterocycles. The van der Waals surface area contributed by atoms with Crippen molar-refractivity contribution in [1.29, 1.82) is 0 Å². The van der Waals surface area contributed by atoms with Gasteiger partial charge in [0.1, 0.15) is 0 Å². The van der Waals surface area contributed by atoms with E-state index in [1.54, 1.807) is 0 Å². The van der Waals surface area contributed by atoms with Crippen molar-refractivity contribution in [3.8, 4) is 0 Å². The van der Waals surface area contributed by atoms with Gasteiger partial charge < -0.3 is 4.74 Å². The number of carbonyl (C=O) groups is 1. The third-order valence-corrected chi connectivity index (χ3v) is 3.94. The molecule has 0 bridgehead atoms. The van der Waals surface area contributed by atoms with Crippen molar-refractivity contribution in [2.45, 2.75) is 104 Å². The van der Waals surface area contributed by atoms with Crippen LogP contribution in [0.5, 0.6) is 0 Å². The van der Waals surface area contributed by atoms with Crippen LogP contribution in [0.25, 0.3) is 0 Å². The van der Waals surface area contributed by atoms with Crippen LogP contribution >= 0.6 is 0 Å². The van der Waals surface area contributed by atoms with Crippen molar-refractivity contribution in [3.63, 3.8) is 0 Å². The zero-order valence-corrected chi connectivity index (χ0v) is 15.1. The summed E-state index contributed by atoms with van der Waals surface area (Å²) in [5.74, 6) is -0.156. The molecule has 0 aliphatic heterocycles. The molecule has 2 nitrogen and oxygen atoms in total. The number of rotatable bonds is 16. The fraction of sp³-hybridized carbons (Fsp3) is 0.850. The van der Waals surface area contributed by atoms with Gasteiger partial charge in [-0.05, 0) is 25.7 Å². The maximum absolute atomic E-state index is 10.6. The number of allylic oxidation sites excluding steroid dienone is 2. The number of ether oxygens (including phenoxy) is 1. The molecule has 0 spiro atoms. The molecule has 0 atom stereocenters. The zero-order valence-electron chi connectivity index (χ0n) is 15.1. The number of esters is 1. The van der Waals surface area contributed by atoms with Crippen molar-refractivity contribution >= 4 is 5.97 Å². The van der Waals surface area contributed by atoms with Gasteiger partial charge in [-0.3, -0.25) is 4.79 Å². The number of hydrogen-bond donors (Lipinski definition) is 0. The molecule has 2 heteroatoms. The molecule has 22 heavy (non-hydrogen) atoms. The highest BCUT2D eigenvalue weighted by atomic mass is 16.5. The third-order valence-electron chi connectivity index (χ3n) is 3.94. The van der Waals surface area contributed by atoms with E-state index in [1.165, 1.54) is 90.4 Å². The quantitative estimate of drug-likeness (QED) is 0.183. The molecule has 0 saturated carbocycles. The van der Waals surface area contributed by atoms with Crippen LogP contribution < -0.4 is 0 Å². The molecular weight excluding hydrogens is 272 g/mol. The normalized spacial score (nSPS) is 11.2. The van der Waals surface area contributed by atoms with Crippen LogP contribution in [0.3, 0.4) is 0 Å². The first-order valence-electron chi connectivity index (χ1n) is 9.55. The van der Waals surface area contributed by atoms with Gasteiger partial charge in [-0.2, -0.15) is 0 Å². The first kappa shape index (κ1) is 21.2. The molecule has 0 radical (unpaired) electrons. The van der Waals surface area contributed by atoms with Gasteiger partial charge >= 0.3 is 5.97 Å². The Hall–Kier alpha value is -0.790. The molecule has 130 valence electrons. The van der Waals surface area contributed by atoms with Crippen LogP contribution in [0.1, 0.15) is 104 Å². The van der Waals surface area contributed by atoms with E-state index >= 15 is 0 Å².